The second-order valence-corrected chi connectivity index (χ2v) is 7.32. The lowest BCUT2D eigenvalue weighted by Crippen LogP contribution is -2.32. The van der Waals surface area contributed by atoms with Gasteiger partial charge in [0.25, 0.3) is 17.5 Å². The molecule has 1 aliphatic heterocycles. The third kappa shape index (κ3) is 4.90. The summed E-state index contributed by atoms with van der Waals surface area (Å²) in [6, 6.07) is 10.7. The Morgan fingerprint density at radius 1 is 1.07 bits per heavy atom. The maximum Gasteiger partial charge on any atom is 0.270 e. The molecule has 0 bridgehead atoms. The molecule has 152 valence electrons. The number of rotatable bonds is 6. The van der Waals surface area contributed by atoms with Crippen LogP contribution in [-0.2, 0) is 0 Å². The van der Waals surface area contributed by atoms with Crippen LogP contribution in [0.1, 0.15) is 47.4 Å². The fraction of sp³-hybridized carbons (Fsp3) is 0.333. The number of non-ortho nitro benzene ring substituents is 1. The van der Waals surface area contributed by atoms with E-state index in [0.717, 1.165) is 31.6 Å². The molecule has 2 aromatic carbocycles. The molecule has 3 rings (SSSR count). The van der Waals surface area contributed by atoms with Crippen molar-refractivity contribution in [1.82, 2.24) is 5.32 Å². The summed E-state index contributed by atoms with van der Waals surface area (Å²) in [7, 11) is 0. The first-order valence-corrected chi connectivity index (χ1v) is 9.61. The summed E-state index contributed by atoms with van der Waals surface area (Å²) in [6.07, 6.45) is 2.16. The monoisotopic (exact) mass is 396 g/mol. The van der Waals surface area contributed by atoms with Crippen LogP contribution in [0.3, 0.4) is 0 Å². The van der Waals surface area contributed by atoms with E-state index in [9.17, 15) is 19.7 Å². The highest BCUT2D eigenvalue weighted by Crippen LogP contribution is 2.28. The Labute approximate surface area is 169 Å². The Morgan fingerprint density at radius 3 is 2.45 bits per heavy atom. The van der Waals surface area contributed by atoms with Crippen molar-refractivity contribution in [2.75, 3.05) is 23.3 Å². The summed E-state index contributed by atoms with van der Waals surface area (Å²) < 4.78 is 0. The zero-order chi connectivity index (χ0) is 21.0. The number of hydrogen-bond acceptors (Lipinski definition) is 5. The van der Waals surface area contributed by atoms with Crippen molar-refractivity contribution in [2.45, 2.75) is 32.7 Å². The number of benzene rings is 2. The van der Waals surface area contributed by atoms with E-state index in [4.69, 9.17) is 0 Å². The van der Waals surface area contributed by atoms with Gasteiger partial charge in [0.05, 0.1) is 10.5 Å². The van der Waals surface area contributed by atoms with Gasteiger partial charge in [-0.05, 0) is 51.0 Å². The summed E-state index contributed by atoms with van der Waals surface area (Å²) in [5.74, 6) is -0.675. The Hall–Kier alpha value is -3.42. The van der Waals surface area contributed by atoms with E-state index >= 15 is 0 Å². The Balaban J connectivity index is 1.87. The van der Waals surface area contributed by atoms with E-state index < -0.39 is 10.8 Å². The number of anilines is 2. The van der Waals surface area contributed by atoms with Crippen LogP contribution >= 0.6 is 0 Å². The average molecular weight is 396 g/mol. The molecule has 0 saturated carbocycles. The predicted octanol–water partition coefficient (Wildman–Crippen LogP) is 3.59. The highest BCUT2D eigenvalue weighted by atomic mass is 16.6. The van der Waals surface area contributed by atoms with Crippen molar-refractivity contribution in [3.63, 3.8) is 0 Å². The molecule has 1 aliphatic rings. The van der Waals surface area contributed by atoms with Crippen LogP contribution in [0.15, 0.2) is 42.5 Å². The molecule has 8 heteroatoms. The van der Waals surface area contributed by atoms with Crippen molar-refractivity contribution < 1.29 is 14.5 Å². The minimum Gasteiger partial charge on any atom is -0.371 e. The molecule has 2 amide bonds. The second-order valence-electron chi connectivity index (χ2n) is 7.32. The second kappa shape index (κ2) is 8.72. The summed E-state index contributed by atoms with van der Waals surface area (Å²) in [5, 5.41) is 16.6. The molecule has 29 heavy (non-hydrogen) atoms. The van der Waals surface area contributed by atoms with Crippen LogP contribution < -0.4 is 15.5 Å². The minimum absolute atomic E-state index is 0.0166. The van der Waals surface area contributed by atoms with E-state index in [1.54, 1.807) is 12.1 Å². The highest BCUT2D eigenvalue weighted by molar-refractivity contribution is 6.06. The number of nitrogens with zero attached hydrogens (tertiary/aromatic N) is 2. The normalized spacial score (nSPS) is 13.4. The largest absolute Gasteiger partial charge is 0.371 e. The first-order chi connectivity index (χ1) is 13.8. The Morgan fingerprint density at radius 2 is 1.79 bits per heavy atom. The van der Waals surface area contributed by atoms with Crippen molar-refractivity contribution in [3.05, 3.63) is 63.7 Å². The zero-order valence-corrected chi connectivity index (χ0v) is 16.5. The van der Waals surface area contributed by atoms with Crippen molar-refractivity contribution in [2.24, 2.45) is 0 Å². The molecule has 0 radical (unpaired) electrons. The van der Waals surface area contributed by atoms with Crippen LogP contribution in [0.25, 0.3) is 0 Å². The maximum absolute atomic E-state index is 12.7. The van der Waals surface area contributed by atoms with Gasteiger partial charge in [-0.3, -0.25) is 19.7 Å². The summed E-state index contributed by atoms with van der Waals surface area (Å²) >= 11 is 0. The quantitative estimate of drug-likeness (QED) is 0.574. The third-order valence-corrected chi connectivity index (χ3v) is 4.68. The van der Waals surface area contributed by atoms with Gasteiger partial charge in [0.1, 0.15) is 0 Å². The van der Waals surface area contributed by atoms with Crippen LogP contribution in [0.5, 0.6) is 0 Å². The summed E-state index contributed by atoms with van der Waals surface area (Å²) in [6.45, 7) is 5.56. The van der Waals surface area contributed by atoms with E-state index in [-0.39, 0.29) is 23.2 Å². The lowest BCUT2D eigenvalue weighted by Gasteiger charge is -2.22. The molecular weight excluding hydrogens is 372 g/mol. The molecule has 0 unspecified atom stereocenters. The van der Waals surface area contributed by atoms with Crippen LogP contribution in [0.4, 0.5) is 17.1 Å². The molecule has 1 fully saturated rings. The zero-order valence-electron chi connectivity index (χ0n) is 16.5. The van der Waals surface area contributed by atoms with Gasteiger partial charge >= 0.3 is 0 Å². The molecular formula is C21H24N4O4. The standard InChI is InChI=1S/C21H24N4O4/c1-14(2)22-21(27)18-13-16(8-9-19(18)24-10-3-4-11-24)23-20(26)15-6-5-7-17(12-15)25(28)29/h5-9,12-14H,3-4,10-11H2,1-2H3,(H,22,27)(H,23,26). The molecule has 0 aromatic heterocycles. The van der Waals surface area contributed by atoms with Gasteiger partial charge in [0, 0.05) is 48.2 Å². The van der Waals surface area contributed by atoms with E-state index in [1.807, 2.05) is 19.9 Å². The molecule has 2 N–H and O–H groups in total. The van der Waals surface area contributed by atoms with Gasteiger partial charge in [0.15, 0.2) is 0 Å². The first kappa shape index (κ1) is 20.3. The van der Waals surface area contributed by atoms with Crippen LogP contribution in [0, 0.1) is 10.1 Å². The van der Waals surface area contributed by atoms with Gasteiger partial charge in [-0.1, -0.05) is 6.07 Å². The van der Waals surface area contributed by atoms with Crippen LogP contribution in [-0.4, -0.2) is 35.9 Å². The van der Waals surface area contributed by atoms with E-state index in [0.29, 0.717) is 11.3 Å². The fourth-order valence-corrected chi connectivity index (χ4v) is 3.33. The summed E-state index contributed by atoms with van der Waals surface area (Å²) in [5.41, 5.74) is 1.82. The SMILES string of the molecule is CC(C)NC(=O)c1cc(NC(=O)c2cccc([N+](=O)[O-])c2)ccc1N1CCCC1. The minimum atomic E-state index is -0.546. The van der Waals surface area contributed by atoms with Gasteiger partial charge in [-0.25, -0.2) is 0 Å². The number of nitro groups is 1. The Bertz CT molecular complexity index is 936. The molecule has 0 spiro atoms. The lowest BCUT2D eigenvalue weighted by atomic mass is 10.1. The number of nitrogens with one attached hydrogen (secondary N) is 2. The lowest BCUT2D eigenvalue weighted by molar-refractivity contribution is -0.384. The smallest absolute Gasteiger partial charge is 0.270 e. The molecule has 8 nitrogen and oxygen atoms in total. The molecule has 0 aliphatic carbocycles. The van der Waals surface area contributed by atoms with Crippen molar-refractivity contribution in [1.29, 1.82) is 0 Å². The van der Waals surface area contributed by atoms with Gasteiger partial charge < -0.3 is 15.5 Å². The summed E-state index contributed by atoms with van der Waals surface area (Å²) in [4.78, 5) is 37.8. The first-order valence-electron chi connectivity index (χ1n) is 9.61. The van der Waals surface area contributed by atoms with Crippen LogP contribution in [0.2, 0.25) is 0 Å². The topological polar surface area (TPSA) is 105 Å². The number of carbonyl (C=O) groups excluding carboxylic acids is 2. The van der Waals surface area contributed by atoms with Gasteiger partial charge in [-0.2, -0.15) is 0 Å². The van der Waals surface area contributed by atoms with Crippen molar-refractivity contribution >= 4 is 28.9 Å². The van der Waals surface area contributed by atoms with Gasteiger partial charge in [-0.15, -0.1) is 0 Å². The molecule has 2 aromatic rings. The molecule has 1 saturated heterocycles. The number of hydrogen-bond donors (Lipinski definition) is 2. The third-order valence-electron chi connectivity index (χ3n) is 4.68. The molecule has 1 heterocycles. The average Bonchev–Trinajstić information content (AvgIpc) is 3.22. The number of amides is 2. The Kier molecular flexibility index (Phi) is 6.11. The van der Waals surface area contributed by atoms with Crippen molar-refractivity contribution in [3.8, 4) is 0 Å². The number of carbonyl (C=O) groups is 2. The molecule has 0 atom stereocenters. The van der Waals surface area contributed by atoms with Gasteiger partial charge in [0.2, 0.25) is 0 Å². The van der Waals surface area contributed by atoms with E-state index in [1.165, 1.54) is 24.3 Å². The highest BCUT2D eigenvalue weighted by Gasteiger charge is 2.21. The number of nitro benzene ring substituents is 1. The fourth-order valence-electron chi connectivity index (χ4n) is 3.33. The maximum atomic E-state index is 12.7. The van der Waals surface area contributed by atoms with E-state index in [2.05, 4.69) is 15.5 Å². The predicted molar refractivity (Wildman–Crippen MR) is 112 cm³/mol.